The number of aromatic nitrogens is 2. The number of amides is 1. The molecule has 14 heavy (non-hydrogen) atoms. The van der Waals surface area contributed by atoms with Gasteiger partial charge in [0.25, 0.3) is 5.91 Å². The SMILES string of the molecule is Cc1nc(N)c2c([nH+]1)NC(=O)C2(C)C. The number of H-pyrrole nitrogens is 1. The molecule has 0 aromatic carbocycles. The van der Waals surface area contributed by atoms with Crippen molar-refractivity contribution in [3.63, 3.8) is 0 Å². The number of carbonyl (C=O) groups is 1. The molecule has 0 unspecified atom stereocenters. The Labute approximate surface area is 81.7 Å². The minimum absolute atomic E-state index is 0.0529. The van der Waals surface area contributed by atoms with Crippen LogP contribution in [-0.4, -0.2) is 10.9 Å². The van der Waals surface area contributed by atoms with E-state index in [0.717, 1.165) is 5.56 Å². The summed E-state index contributed by atoms with van der Waals surface area (Å²) in [5.41, 5.74) is 5.94. The van der Waals surface area contributed by atoms with Crippen LogP contribution < -0.4 is 16.0 Å². The van der Waals surface area contributed by atoms with Crippen molar-refractivity contribution < 1.29 is 9.78 Å². The predicted octanol–water partition coefficient (Wildman–Crippen LogP) is 0.0160. The van der Waals surface area contributed by atoms with Crippen LogP contribution in [0.2, 0.25) is 0 Å². The molecule has 2 rings (SSSR count). The van der Waals surface area contributed by atoms with Crippen molar-refractivity contribution in [2.45, 2.75) is 26.2 Å². The predicted molar refractivity (Wildman–Crippen MR) is 51.6 cm³/mol. The second kappa shape index (κ2) is 2.43. The number of nitrogens with one attached hydrogen (secondary N) is 2. The van der Waals surface area contributed by atoms with E-state index in [9.17, 15) is 4.79 Å². The Balaban J connectivity index is 2.71. The number of anilines is 2. The molecule has 2 heterocycles. The first-order chi connectivity index (χ1) is 6.43. The highest BCUT2D eigenvalue weighted by Crippen LogP contribution is 2.37. The molecular formula is C9H13N4O+. The molecule has 0 bridgehead atoms. The van der Waals surface area contributed by atoms with Crippen LogP contribution in [0.25, 0.3) is 0 Å². The summed E-state index contributed by atoms with van der Waals surface area (Å²) in [5.74, 6) is 1.73. The molecule has 1 amide bonds. The maximum Gasteiger partial charge on any atom is 0.290 e. The summed E-state index contributed by atoms with van der Waals surface area (Å²) in [6.07, 6.45) is 0. The van der Waals surface area contributed by atoms with Gasteiger partial charge in [-0.3, -0.25) is 4.79 Å². The molecule has 1 aromatic rings. The number of nitrogens with two attached hydrogens (primary N) is 1. The second-order valence-electron chi connectivity index (χ2n) is 4.04. The first kappa shape index (κ1) is 8.93. The van der Waals surface area contributed by atoms with Gasteiger partial charge < -0.3 is 5.73 Å². The smallest absolute Gasteiger partial charge is 0.290 e. The minimum Gasteiger partial charge on any atom is -0.370 e. The Morgan fingerprint density at radius 3 is 2.79 bits per heavy atom. The number of aryl methyl sites for hydroxylation is 1. The molecule has 1 aliphatic rings. The Hall–Kier alpha value is -1.65. The molecule has 0 saturated heterocycles. The van der Waals surface area contributed by atoms with E-state index in [2.05, 4.69) is 15.3 Å². The van der Waals surface area contributed by atoms with E-state index in [1.54, 1.807) is 6.92 Å². The van der Waals surface area contributed by atoms with Gasteiger partial charge in [-0.25, -0.2) is 10.3 Å². The summed E-state index contributed by atoms with van der Waals surface area (Å²) < 4.78 is 0. The third kappa shape index (κ3) is 0.982. The largest absolute Gasteiger partial charge is 0.370 e. The quantitative estimate of drug-likeness (QED) is 0.609. The van der Waals surface area contributed by atoms with Crippen LogP contribution in [0.3, 0.4) is 0 Å². The monoisotopic (exact) mass is 193 g/mol. The van der Waals surface area contributed by atoms with Gasteiger partial charge in [0.15, 0.2) is 0 Å². The van der Waals surface area contributed by atoms with Crippen molar-refractivity contribution in [2.24, 2.45) is 0 Å². The number of aromatic amines is 1. The van der Waals surface area contributed by atoms with Gasteiger partial charge in [0.2, 0.25) is 17.5 Å². The number of hydrogen-bond acceptors (Lipinski definition) is 3. The summed E-state index contributed by atoms with van der Waals surface area (Å²) in [4.78, 5) is 18.7. The van der Waals surface area contributed by atoms with Gasteiger partial charge in [0.05, 0.1) is 5.41 Å². The summed E-state index contributed by atoms with van der Waals surface area (Å²) >= 11 is 0. The van der Waals surface area contributed by atoms with Crippen molar-refractivity contribution in [3.05, 3.63) is 11.4 Å². The molecule has 0 saturated carbocycles. The highest BCUT2D eigenvalue weighted by Gasteiger charge is 2.46. The summed E-state index contributed by atoms with van der Waals surface area (Å²) in [6, 6.07) is 0. The fourth-order valence-corrected chi connectivity index (χ4v) is 1.75. The average molecular weight is 193 g/mol. The molecular weight excluding hydrogens is 180 g/mol. The molecule has 5 heteroatoms. The van der Waals surface area contributed by atoms with Crippen LogP contribution >= 0.6 is 0 Å². The van der Waals surface area contributed by atoms with Crippen molar-refractivity contribution in [2.75, 3.05) is 11.1 Å². The highest BCUT2D eigenvalue weighted by atomic mass is 16.2. The zero-order valence-electron chi connectivity index (χ0n) is 8.43. The summed E-state index contributed by atoms with van der Waals surface area (Å²) in [6.45, 7) is 5.46. The van der Waals surface area contributed by atoms with Crippen molar-refractivity contribution >= 4 is 17.5 Å². The lowest BCUT2D eigenvalue weighted by molar-refractivity contribution is -0.375. The van der Waals surface area contributed by atoms with Crippen LogP contribution in [0, 0.1) is 6.92 Å². The molecule has 0 fully saturated rings. The summed E-state index contributed by atoms with van der Waals surface area (Å²) in [7, 11) is 0. The molecule has 1 aliphatic heterocycles. The molecule has 1 aromatic heterocycles. The molecule has 4 N–H and O–H groups in total. The van der Waals surface area contributed by atoms with Crippen molar-refractivity contribution in [1.82, 2.24) is 4.98 Å². The van der Waals surface area contributed by atoms with E-state index >= 15 is 0 Å². The molecule has 0 aliphatic carbocycles. The Morgan fingerprint density at radius 2 is 2.14 bits per heavy atom. The van der Waals surface area contributed by atoms with E-state index in [-0.39, 0.29) is 5.91 Å². The fourth-order valence-electron chi connectivity index (χ4n) is 1.75. The Morgan fingerprint density at radius 1 is 1.50 bits per heavy atom. The number of nitrogens with zero attached hydrogens (tertiary/aromatic N) is 1. The molecule has 0 radical (unpaired) electrons. The lowest BCUT2D eigenvalue weighted by atomic mass is 9.87. The van der Waals surface area contributed by atoms with E-state index in [4.69, 9.17) is 5.73 Å². The van der Waals surface area contributed by atoms with Gasteiger partial charge in [-0.15, -0.1) is 0 Å². The standard InChI is InChI=1S/C9H12N4O/c1-4-11-6(10)5-7(12-4)13-8(14)9(5,2)3/h1-3H3,(H3,10,11,12,13,14)/p+1. The van der Waals surface area contributed by atoms with Crippen LogP contribution in [0.4, 0.5) is 11.6 Å². The Bertz CT molecular complexity index is 425. The molecule has 0 spiro atoms. The van der Waals surface area contributed by atoms with Gasteiger partial charge in [-0.1, -0.05) is 4.98 Å². The van der Waals surface area contributed by atoms with Crippen molar-refractivity contribution in [1.29, 1.82) is 0 Å². The van der Waals surface area contributed by atoms with Crippen LogP contribution in [0.5, 0.6) is 0 Å². The van der Waals surface area contributed by atoms with Gasteiger partial charge in [-0.2, -0.15) is 0 Å². The lowest BCUT2D eigenvalue weighted by Gasteiger charge is -2.12. The molecule has 0 atom stereocenters. The number of hydrogen-bond donors (Lipinski definition) is 2. The van der Waals surface area contributed by atoms with Gasteiger partial charge in [-0.05, 0) is 13.8 Å². The number of carbonyl (C=O) groups excluding carboxylic acids is 1. The van der Waals surface area contributed by atoms with Gasteiger partial charge in [0, 0.05) is 6.92 Å². The van der Waals surface area contributed by atoms with Crippen LogP contribution in [0.1, 0.15) is 25.2 Å². The first-order valence-corrected chi connectivity index (χ1v) is 4.44. The Kier molecular flexibility index (Phi) is 1.55. The topological polar surface area (TPSA) is 82.2 Å². The number of rotatable bonds is 0. The third-order valence-corrected chi connectivity index (χ3v) is 2.53. The van der Waals surface area contributed by atoms with Gasteiger partial charge >= 0.3 is 0 Å². The number of nitrogen functional groups attached to an aromatic ring is 1. The maximum atomic E-state index is 11.6. The third-order valence-electron chi connectivity index (χ3n) is 2.53. The lowest BCUT2D eigenvalue weighted by Crippen LogP contribution is -2.27. The fraction of sp³-hybridized carbons (Fsp3) is 0.444. The van der Waals surface area contributed by atoms with Crippen molar-refractivity contribution in [3.8, 4) is 0 Å². The molecule has 5 nitrogen and oxygen atoms in total. The van der Waals surface area contributed by atoms with E-state index in [0.29, 0.717) is 17.5 Å². The normalized spacial score (nSPS) is 17.8. The van der Waals surface area contributed by atoms with Gasteiger partial charge in [0.1, 0.15) is 5.56 Å². The van der Waals surface area contributed by atoms with Crippen LogP contribution in [0.15, 0.2) is 0 Å². The highest BCUT2D eigenvalue weighted by molar-refractivity contribution is 6.05. The number of fused-ring (bicyclic) bond motifs is 1. The van der Waals surface area contributed by atoms with E-state index in [1.165, 1.54) is 0 Å². The van der Waals surface area contributed by atoms with E-state index < -0.39 is 5.41 Å². The second-order valence-corrected chi connectivity index (χ2v) is 4.04. The minimum atomic E-state index is -0.601. The zero-order chi connectivity index (χ0) is 10.5. The van der Waals surface area contributed by atoms with Crippen LogP contribution in [-0.2, 0) is 10.2 Å². The zero-order valence-corrected chi connectivity index (χ0v) is 8.43. The average Bonchev–Trinajstić information content (AvgIpc) is 2.21. The maximum absolute atomic E-state index is 11.6. The molecule has 74 valence electrons. The summed E-state index contributed by atoms with van der Waals surface area (Å²) in [5, 5.41) is 2.75. The van der Waals surface area contributed by atoms with E-state index in [1.807, 2.05) is 13.8 Å². The first-order valence-electron chi connectivity index (χ1n) is 4.44.